The number of nitrogens with one attached hydrogen (secondary N) is 1. The standard InChI is InChI=1S/C24H23N3O4S/c1-17-7-2-3-9-19(17)26(14-22(28)25-13-18-8-6-12-32-18)23(29)15-27-20-10-4-5-11-21(20)31-16-24(27)30/h2-12H,13-16H2,1H3,(H,25,28). The molecule has 0 unspecified atom stereocenters. The van der Waals surface area contributed by atoms with E-state index >= 15 is 0 Å². The van der Waals surface area contributed by atoms with Crippen molar-refractivity contribution >= 4 is 40.4 Å². The van der Waals surface area contributed by atoms with Crippen LogP contribution in [0.5, 0.6) is 5.75 Å². The average Bonchev–Trinajstić information content (AvgIpc) is 3.32. The van der Waals surface area contributed by atoms with Crippen LogP contribution in [0, 0.1) is 6.92 Å². The lowest BCUT2D eigenvalue weighted by atomic mass is 10.1. The largest absolute Gasteiger partial charge is 0.482 e. The number of thiophene rings is 1. The lowest BCUT2D eigenvalue weighted by Crippen LogP contribution is -2.49. The third-order valence-corrected chi connectivity index (χ3v) is 6.03. The number of para-hydroxylation sites is 3. The van der Waals surface area contributed by atoms with Crippen LogP contribution in [-0.4, -0.2) is 37.4 Å². The Morgan fingerprint density at radius 3 is 2.66 bits per heavy atom. The molecule has 1 N–H and O–H groups in total. The molecule has 0 saturated carbocycles. The number of benzene rings is 2. The third kappa shape index (κ3) is 4.81. The Morgan fingerprint density at radius 2 is 1.88 bits per heavy atom. The van der Waals surface area contributed by atoms with Gasteiger partial charge in [0.15, 0.2) is 6.61 Å². The molecule has 1 aliphatic heterocycles. The van der Waals surface area contributed by atoms with Crippen LogP contribution >= 0.6 is 11.3 Å². The van der Waals surface area contributed by atoms with Gasteiger partial charge < -0.3 is 15.0 Å². The fourth-order valence-corrected chi connectivity index (χ4v) is 4.16. The van der Waals surface area contributed by atoms with Crippen molar-refractivity contribution in [2.75, 3.05) is 29.5 Å². The van der Waals surface area contributed by atoms with Gasteiger partial charge in [0.2, 0.25) is 11.8 Å². The molecule has 3 amide bonds. The molecule has 0 saturated heterocycles. The molecule has 164 valence electrons. The van der Waals surface area contributed by atoms with E-state index in [0.29, 0.717) is 23.7 Å². The zero-order valence-corrected chi connectivity index (χ0v) is 18.4. The molecule has 7 nitrogen and oxygen atoms in total. The van der Waals surface area contributed by atoms with Crippen molar-refractivity contribution in [2.24, 2.45) is 0 Å². The lowest BCUT2D eigenvalue weighted by molar-refractivity contribution is -0.125. The maximum Gasteiger partial charge on any atom is 0.265 e. The molecule has 1 aliphatic rings. The number of fused-ring (bicyclic) bond motifs is 1. The molecular weight excluding hydrogens is 426 g/mol. The highest BCUT2D eigenvalue weighted by Gasteiger charge is 2.30. The maximum atomic E-state index is 13.4. The van der Waals surface area contributed by atoms with Crippen molar-refractivity contribution in [3.8, 4) is 5.75 Å². The number of anilines is 2. The Bertz CT molecular complexity index is 1130. The van der Waals surface area contributed by atoms with E-state index in [1.807, 2.05) is 48.7 Å². The first-order valence-corrected chi connectivity index (χ1v) is 11.1. The molecule has 0 spiro atoms. The quantitative estimate of drug-likeness (QED) is 0.601. The van der Waals surface area contributed by atoms with Crippen LogP contribution in [0.15, 0.2) is 66.0 Å². The van der Waals surface area contributed by atoms with E-state index in [1.165, 1.54) is 9.80 Å². The highest BCUT2D eigenvalue weighted by Crippen LogP contribution is 2.31. The lowest BCUT2D eigenvalue weighted by Gasteiger charge is -2.31. The summed E-state index contributed by atoms with van der Waals surface area (Å²) >= 11 is 1.55. The number of amides is 3. The van der Waals surface area contributed by atoms with Crippen molar-refractivity contribution in [1.82, 2.24) is 5.32 Å². The smallest absolute Gasteiger partial charge is 0.265 e. The van der Waals surface area contributed by atoms with Gasteiger partial charge in [-0.05, 0) is 42.1 Å². The molecule has 0 fully saturated rings. The molecule has 0 bridgehead atoms. The first-order valence-electron chi connectivity index (χ1n) is 10.2. The highest BCUT2D eigenvalue weighted by molar-refractivity contribution is 7.09. The van der Waals surface area contributed by atoms with Gasteiger partial charge in [0.1, 0.15) is 18.8 Å². The second-order valence-electron chi connectivity index (χ2n) is 7.36. The van der Waals surface area contributed by atoms with E-state index in [4.69, 9.17) is 4.74 Å². The molecule has 0 aliphatic carbocycles. The van der Waals surface area contributed by atoms with Crippen LogP contribution in [0.2, 0.25) is 0 Å². The van der Waals surface area contributed by atoms with E-state index in [1.54, 1.807) is 35.6 Å². The summed E-state index contributed by atoms with van der Waals surface area (Å²) in [6.07, 6.45) is 0. The number of rotatable bonds is 7. The Hall–Kier alpha value is -3.65. The summed E-state index contributed by atoms with van der Waals surface area (Å²) in [6, 6.07) is 18.3. The van der Waals surface area contributed by atoms with Crippen molar-refractivity contribution in [3.05, 3.63) is 76.5 Å². The van der Waals surface area contributed by atoms with E-state index < -0.39 is 0 Å². The van der Waals surface area contributed by atoms with Crippen LogP contribution in [0.25, 0.3) is 0 Å². The zero-order chi connectivity index (χ0) is 22.5. The summed E-state index contributed by atoms with van der Waals surface area (Å²) in [6.45, 7) is 1.83. The molecular formula is C24H23N3O4S. The molecule has 1 aromatic heterocycles. The number of aryl methyl sites for hydroxylation is 1. The second-order valence-corrected chi connectivity index (χ2v) is 8.39. The number of hydrogen-bond donors (Lipinski definition) is 1. The third-order valence-electron chi connectivity index (χ3n) is 5.15. The van der Waals surface area contributed by atoms with Gasteiger partial charge in [-0.3, -0.25) is 19.3 Å². The van der Waals surface area contributed by atoms with Crippen LogP contribution in [0.3, 0.4) is 0 Å². The Balaban J connectivity index is 1.54. The van der Waals surface area contributed by atoms with E-state index in [2.05, 4.69) is 5.32 Å². The molecule has 4 rings (SSSR count). The summed E-state index contributed by atoms with van der Waals surface area (Å²) in [5.74, 6) is -0.376. The number of carbonyl (C=O) groups excluding carboxylic acids is 3. The summed E-state index contributed by atoms with van der Waals surface area (Å²) in [5.41, 5.74) is 2.04. The van der Waals surface area contributed by atoms with Gasteiger partial charge in [0, 0.05) is 10.6 Å². The van der Waals surface area contributed by atoms with Gasteiger partial charge in [0.05, 0.1) is 12.2 Å². The van der Waals surface area contributed by atoms with Crippen LogP contribution in [0.4, 0.5) is 11.4 Å². The summed E-state index contributed by atoms with van der Waals surface area (Å²) in [4.78, 5) is 42.5. The Labute approximate surface area is 190 Å². The van der Waals surface area contributed by atoms with Crippen LogP contribution in [0.1, 0.15) is 10.4 Å². The monoisotopic (exact) mass is 449 g/mol. The minimum atomic E-state index is -0.351. The first-order chi connectivity index (χ1) is 15.5. The molecule has 2 heterocycles. The van der Waals surface area contributed by atoms with E-state index in [-0.39, 0.29) is 37.4 Å². The SMILES string of the molecule is Cc1ccccc1N(CC(=O)NCc1cccs1)C(=O)CN1C(=O)COc2ccccc21. The minimum absolute atomic E-state index is 0.129. The van der Waals surface area contributed by atoms with Crippen molar-refractivity contribution in [1.29, 1.82) is 0 Å². The van der Waals surface area contributed by atoms with Gasteiger partial charge in [-0.25, -0.2) is 0 Å². The molecule has 32 heavy (non-hydrogen) atoms. The van der Waals surface area contributed by atoms with Crippen molar-refractivity contribution in [3.63, 3.8) is 0 Å². The van der Waals surface area contributed by atoms with Crippen LogP contribution < -0.4 is 19.9 Å². The average molecular weight is 450 g/mol. The first kappa shape index (κ1) is 21.6. The Morgan fingerprint density at radius 1 is 1.09 bits per heavy atom. The van der Waals surface area contributed by atoms with Gasteiger partial charge in [-0.15, -0.1) is 11.3 Å². The number of ether oxygens (including phenoxy) is 1. The summed E-state index contributed by atoms with van der Waals surface area (Å²) in [5, 5.41) is 4.81. The zero-order valence-electron chi connectivity index (χ0n) is 17.6. The fraction of sp³-hybridized carbons (Fsp3) is 0.208. The van der Waals surface area contributed by atoms with E-state index in [0.717, 1.165) is 10.4 Å². The molecule has 2 aromatic carbocycles. The molecule has 3 aromatic rings. The second kappa shape index (κ2) is 9.65. The number of nitrogens with zero attached hydrogens (tertiary/aromatic N) is 2. The van der Waals surface area contributed by atoms with Gasteiger partial charge in [-0.1, -0.05) is 36.4 Å². The molecule has 8 heteroatoms. The van der Waals surface area contributed by atoms with E-state index in [9.17, 15) is 14.4 Å². The number of hydrogen-bond acceptors (Lipinski definition) is 5. The number of carbonyl (C=O) groups is 3. The van der Waals surface area contributed by atoms with Gasteiger partial charge in [-0.2, -0.15) is 0 Å². The topological polar surface area (TPSA) is 79.0 Å². The summed E-state index contributed by atoms with van der Waals surface area (Å²) < 4.78 is 5.46. The van der Waals surface area contributed by atoms with Crippen molar-refractivity contribution < 1.29 is 19.1 Å². The normalized spacial score (nSPS) is 12.7. The van der Waals surface area contributed by atoms with Gasteiger partial charge in [0.25, 0.3) is 5.91 Å². The predicted octanol–water partition coefficient (Wildman–Crippen LogP) is 3.13. The highest BCUT2D eigenvalue weighted by atomic mass is 32.1. The fourth-order valence-electron chi connectivity index (χ4n) is 3.52. The minimum Gasteiger partial charge on any atom is -0.482 e. The Kier molecular flexibility index (Phi) is 6.51. The maximum absolute atomic E-state index is 13.4. The van der Waals surface area contributed by atoms with Crippen molar-refractivity contribution in [2.45, 2.75) is 13.5 Å². The molecule has 0 atom stereocenters. The van der Waals surface area contributed by atoms with Crippen LogP contribution in [-0.2, 0) is 20.9 Å². The molecule has 0 radical (unpaired) electrons. The van der Waals surface area contributed by atoms with Gasteiger partial charge >= 0.3 is 0 Å². The predicted molar refractivity (Wildman–Crippen MR) is 124 cm³/mol. The summed E-state index contributed by atoms with van der Waals surface area (Å²) in [7, 11) is 0.